The molecule has 1 aromatic rings. The summed E-state index contributed by atoms with van der Waals surface area (Å²) in [6.07, 6.45) is 0. The maximum atomic E-state index is 13.6. The van der Waals surface area contributed by atoms with Crippen molar-refractivity contribution in [1.29, 1.82) is 0 Å². The highest BCUT2D eigenvalue weighted by Crippen LogP contribution is 2.19. The van der Waals surface area contributed by atoms with Crippen LogP contribution in [0.25, 0.3) is 0 Å². The van der Waals surface area contributed by atoms with E-state index < -0.39 is 12.1 Å². The van der Waals surface area contributed by atoms with E-state index in [1.165, 1.54) is 11.0 Å². The van der Waals surface area contributed by atoms with Crippen LogP contribution in [0, 0.1) is 12.7 Å². The Kier molecular flexibility index (Phi) is 4.32. The Bertz CT molecular complexity index is 637. The number of amides is 2. The fourth-order valence-electron chi connectivity index (χ4n) is 3.12. The Balaban J connectivity index is 1.69. The smallest absolute Gasteiger partial charge is 0.248 e. The van der Waals surface area contributed by atoms with E-state index >= 15 is 0 Å². The lowest BCUT2D eigenvalue weighted by Crippen LogP contribution is -2.69. The molecule has 2 fully saturated rings. The van der Waals surface area contributed by atoms with Gasteiger partial charge in [0.1, 0.15) is 17.9 Å². The summed E-state index contributed by atoms with van der Waals surface area (Å²) in [6.45, 7) is 3.32. The zero-order valence-corrected chi connectivity index (χ0v) is 13.0. The second-order valence-corrected chi connectivity index (χ2v) is 6.11. The van der Waals surface area contributed by atoms with Crippen LogP contribution in [-0.4, -0.2) is 65.0 Å². The topological polar surface area (TPSA) is 72.9 Å². The summed E-state index contributed by atoms with van der Waals surface area (Å²) in [5, 5.41) is 11.7. The molecule has 2 N–H and O–H groups in total. The second kappa shape index (κ2) is 6.25. The van der Waals surface area contributed by atoms with Crippen molar-refractivity contribution in [3.63, 3.8) is 0 Å². The van der Waals surface area contributed by atoms with Crippen molar-refractivity contribution in [1.82, 2.24) is 15.1 Å². The van der Waals surface area contributed by atoms with E-state index in [2.05, 4.69) is 5.32 Å². The average molecular weight is 321 g/mol. The number of rotatable bonds is 3. The fourth-order valence-corrected chi connectivity index (χ4v) is 3.12. The van der Waals surface area contributed by atoms with Gasteiger partial charge in [0.25, 0.3) is 0 Å². The molecule has 2 saturated heterocycles. The number of aliphatic hydroxyl groups excluding tert-OH is 1. The molecule has 2 atom stereocenters. The number of aryl methyl sites for hydroxylation is 1. The van der Waals surface area contributed by atoms with Crippen LogP contribution < -0.4 is 5.32 Å². The molecule has 0 bridgehead atoms. The van der Waals surface area contributed by atoms with Crippen molar-refractivity contribution < 1.29 is 19.1 Å². The van der Waals surface area contributed by atoms with Crippen LogP contribution in [0.2, 0.25) is 0 Å². The monoisotopic (exact) mass is 321 g/mol. The summed E-state index contributed by atoms with van der Waals surface area (Å²) in [4.78, 5) is 27.9. The highest BCUT2D eigenvalue weighted by molar-refractivity contribution is 5.97. The van der Waals surface area contributed by atoms with E-state index in [9.17, 15) is 14.0 Å². The quantitative estimate of drug-likeness (QED) is 0.797. The molecule has 3 rings (SSSR count). The van der Waals surface area contributed by atoms with Crippen molar-refractivity contribution in [3.8, 4) is 0 Å². The van der Waals surface area contributed by atoms with E-state index in [1.807, 2.05) is 11.0 Å². The molecule has 7 heteroatoms. The van der Waals surface area contributed by atoms with Gasteiger partial charge >= 0.3 is 0 Å². The molecule has 2 aliphatic heterocycles. The second-order valence-electron chi connectivity index (χ2n) is 6.11. The molecule has 2 aliphatic rings. The van der Waals surface area contributed by atoms with Crippen LogP contribution >= 0.6 is 0 Å². The fraction of sp³-hybridized carbons (Fsp3) is 0.500. The number of nitrogens with one attached hydrogen (secondary N) is 1. The molecule has 0 aromatic heterocycles. The molecule has 0 saturated carbocycles. The first kappa shape index (κ1) is 15.9. The molecule has 124 valence electrons. The third kappa shape index (κ3) is 3.07. The predicted molar refractivity (Wildman–Crippen MR) is 80.9 cm³/mol. The maximum Gasteiger partial charge on any atom is 0.248 e. The SMILES string of the molecule is Cc1ccc(CN2CCN3C(=O)[C@@H](CO)NC(=O)[C@H]3C2)cc1F. The zero-order valence-electron chi connectivity index (χ0n) is 13.0. The first-order valence-corrected chi connectivity index (χ1v) is 7.68. The van der Waals surface area contributed by atoms with Gasteiger partial charge in [0.05, 0.1) is 6.61 Å². The third-order valence-electron chi connectivity index (χ3n) is 4.49. The summed E-state index contributed by atoms with van der Waals surface area (Å²) < 4.78 is 13.6. The number of benzene rings is 1. The Hall–Kier alpha value is -1.99. The number of nitrogens with zero attached hydrogens (tertiary/aromatic N) is 2. The molecule has 2 amide bonds. The van der Waals surface area contributed by atoms with Crippen LogP contribution in [0.4, 0.5) is 4.39 Å². The summed E-state index contributed by atoms with van der Waals surface area (Å²) >= 11 is 0. The van der Waals surface area contributed by atoms with Gasteiger partial charge in [0.2, 0.25) is 11.8 Å². The number of halogens is 1. The molecule has 0 aliphatic carbocycles. The number of hydrogen-bond acceptors (Lipinski definition) is 4. The highest BCUT2D eigenvalue weighted by atomic mass is 19.1. The van der Waals surface area contributed by atoms with Gasteiger partial charge in [0, 0.05) is 26.2 Å². The van der Waals surface area contributed by atoms with Crippen molar-refractivity contribution in [2.75, 3.05) is 26.2 Å². The van der Waals surface area contributed by atoms with Gasteiger partial charge in [-0.05, 0) is 24.1 Å². The van der Waals surface area contributed by atoms with Crippen molar-refractivity contribution in [2.24, 2.45) is 0 Å². The minimum atomic E-state index is -0.837. The number of aliphatic hydroxyl groups is 1. The van der Waals surface area contributed by atoms with Crippen LogP contribution in [0.3, 0.4) is 0 Å². The lowest BCUT2D eigenvalue weighted by molar-refractivity contribution is -0.154. The summed E-state index contributed by atoms with van der Waals surface area (Å²) in [5.74, 6) is -0.723. The molecule has 0 spiro atoms. The molecule has 1 aromatic carbocycles. The molecule has 23 heavy (non-hydrogen) atoms. The first-order valence-electron chi connectivity index (χ1n) is 7.68. The lowest BCUT2D eigenvalue weighted by Gasteiger charge is -2.45. The zero-order chi connectivity index (χ0) is 16.6. The van der Waals surface area contributed by atoms with Gasteiger partial charge in [-0.25, -0.2) is 4.39 Å². The maximum absolute atomic E-state index is 13.6. The van der Waals surface area contributed by atoms with Gasteiger partial charge in [-0.3, -0.25) is 14.5 Å². The van der Waals surface area contributed by atoms with Gasteiger partial charge in [-0.2, -0.15) is 0 Å². The number of fused-ring (bicyclic) bond motifs is 1. The normalized spacial score (nSPS) is 25.3. The standard InChI is InChI=1S/C16H20FN3O3/c1-10-2-3-11(6-12(10)17)7-19-4-5-20-14(8-19)15(22)18-13(9-21)16(20)23/h2-3,6,13-14,21H,4-5,7-9H2,1H3,(H,18,22)/t13-,14-/m1/s1. The Morgan fingerprint density at radius 1 is 1.35 bits per heavy atom. The van der Waals surface area contributed by atoms with Gasteiger partial charge in [0.15, 0.2) is 0 Å². The van der Waals surface area contributed by atoms with Gasteiger partial charge in [-0.15, -0.1) is 0 Å². The van der Waals surface area contributed by atoms with Crippen LogP contribution in [0.1, 0.15) is 11.1 Å². The summed E-state index contributed by atoms with van der Waals surface area (Å²) in [6, 6.07) is 3.74. The Morgan fingerprint density at radius 3 is 2.83 bits per heavy atom. The summed E-state index contributed by atoms with van der Waals surface area (Å²) in [7, 11) is 0. The Morgan fingerprint density at radius 2 is 2.13 bits per heavy atom. The van der Waals surface area contributed by atoms with Crippen LogP contribution in [0.15, 0.2) is 18.2 Å². The molecule has 2 heterocycles. The number of carbonyl (C=O) groups is 2. The van der Waals surface area contributed by atoms with E-state index in [1.54, 1.807) is 13.0 Å². The average Bonchev–Trinajstić information content (AvgIpc) is 2.54. The van der Waals surface area contributed by atoms with Crippen molar-refractivity contribution in [3.05, 3.63) is 35.1 Å². The van der Waals surface area contributed by atoms with Crippen molar-refractivity contribution >= 4 is 11.8 Å². The highest BCUT2D eigenvalue weighted by Gasteiger charge is 2.42. The van der Waals surface area contributed by atoms with Crippen molar-refractivity contribution in [2.45, 2.75) is 25.6 Å². The molecule has 6 nitrogen and oxygen atoms in total. The van der Waals surface area contributed by atoms with Gasteiger partial charge < -0.3 is 15.3 Å². The van der Waals surface area contributed by atoms with Gasteiger partial charge in [-0.1, -0.05) is 12.1 Å². The minimum Gasteiger partial charge on any atom is -0.394 e. The third-order valence-corrected chi connectivity index (χ3v) is 4.49. The number of piperazine rings is 2. The number of hydrogen-bond donors (Lipinski definition) is 2. The molecular weight excluding hydrogens is 301 g/mol. The van der Waals surface area contributed by atoms with Crippen LogP contribution in [0.5, 0.6) is 0 Å². The molecule has 0 unspecified atom stereocenters. The number of carbonyl (C=O) groups excluding carboxylic acids is 2. The predicted octanol–water partition coefficient (Wildman–Crippen LogP) is -0.362. The molecular formula is C16H20FN3O3. The summed E-state index contributed by atoms with van der Waals surface area (Å²) in [5.41, 5.74) is 1.45. The van der Waals surface area contributed by atoms with Crippen LogP contribution in [-0.2, 0) is 16.1 Å². The molecule has 0 radical (unpaired) electrons. The van der Waals surface area contributed by atoms with E-state index in [4.69, 9.17) is 5.11 Å². The lowest BCUT2D eigenvalue weighted by atomic mass is 10.0. The minimum absolute atomic E-state index is 0.238. The first-order chi connectivity index (χ1) is 11.0. The van der Waals surface area contributed by atoms with E-state index in [-0.39, 0.29) is 24.2 Å². The largest absolute Gasteiger partial charge is 0.394 e. The van der Waals surface area contributed by atoms with E-state index in [0.717, 1.165) is 5.56 Å². The Labute approximate surface area is 133 Å². The van der Waals surface area contributed by atoms with E-state index in [0.29, 0.717) is 31.7 Å².